The number of fused-ring (bicyclic) bond motifs is 4. The first-order chi connectivity index (χ1) is 27.3. The van der Waals surface area contributed by atoms with Crippen molar-refractivity contribution in [2.24, 2.45) is 17.6 Å². The van der Waals surface area contributed by atoms with Crippen LogP contribution >= 0.6 is 0 Å². The molecule has 6 aromatic heterocycles. The summed E-state index contributed by atoms with van der Waals surface area (Å²) in [7, 11) is 0. The molecular formula is C38H38N16O3. The molecule has 2 aliphatic heterocycles. The number of primary amides is 1. The van der Waals surface area contributed by atoms with Crippen molar-refractivity contribution in [3.8, 4) is 0 Å². The predicted molar refractivity (Wildman–Crippen MR) is 210 cm³/mol. The predicted octanol–water partition coefficient (Wildman–Crippen LogP) is 3.02. The van der Waals surface area contributed by atoms with Crippen LogP contribution in [0, 0.1) is 11.8 Å². The van der Waals surface area contributed by atoms with Crippen molar-refractivity contribution in [2.75, 3.05) is 36.0 Å². The fraction of sp³-hybridized carbons (Fsp3) is 0.263. The number of aromatic nitrogens is 12. The fourth-order valence-electron chi connectivity index (χ4n) is 7.17. The summed E-state index contributed by atoms with van der Waals surface area (Å²) in [6.07, 6.45) is 8.21. The third kappa shape index (κ3) is 7.55. The molecule has 2 fully saturated rings. The van der Waals surface area contributed by atoms with Gasteiger partial charge in [-0.25, -0.2) is 29.3 Å². The Kier molecular flexibility index (Phi) is 9.95. The SMILES string of the molecule is N.NC(=O)C1CCN(c2cnc3nnn(Cc4ccc5ncccc5c4)c3n2)C1.O=C(O)C1CCN(c2cnc3nnn(Cc4ccc5ncccc5c4)c3n2)C1. The van der Waals surface area contributed by atoms with Crippen molar-refractivity contribution in [3.05, 3.63) is 96.6 Å². The van der Waals surface area contributed by atoms with Crippen LogP contribution < -0.4 is 21.7 Å². The van der Waals surface area contributed by atoms with Crippen molar-refractivity contribution >= 4 is 67.9 Å². The summed E-state index contributed by atoms with van der Waals surface area (Å²) in [5.41, 5.74) is 11.6. The number of anilines is 2. The van der Waals surface area contributed by atoms with Crippen molar-refractivity contribution in [1.29, 1.82) is 0 Å². The van der Waals surface area contributed by atoms with Crippen LogP contribution in [0.15, 0.2) is 85.5 Å². The van der Waals surface area contributed by atoms with E-state index in [-0.39, 0.29) is 23.9 Å². The zero-order valence-corrected chi connectivity index (χ0v) is 30.7. The fourth-order valence-corrected chi connectivity index (χ4v) is 7.17. The number of carbonyl (C=O) groups excluding carboxylic acids is 1. The van der Waals surface area contributed by atoms with Gasteiger partial charge in [-0.1, -0.05) is 34.7 Å². The second-order valence-corrected chi connectivity index (χ2v) is 13.9. The number of hydrogen-bond acceptors (Lipinski definition) is 15. The van der Waals surface area contributed by atoms with Gasteiger partial charge in [-0.05, 0) is 60.4 Å². The van der Waals surface area contributed by atoms with Crippen LogP contribution in [0.3, 0.4) is 0 Å². The van der Waals surface area contributed by atoms with Gasteiger partial charge in [0.2, 0.25) is 17.2 Å². The van der Waals surface area contributed by atoms with Crippen LogP contribution in [0.5, 0.6) is 0 Å². The number of carboxylic acid groups (broad SMARTS) is 1. The Bertz CT molecular complexity index is 2570. The van der Waals surface area contributed by atoms with Gasteiger partial charge in [-0.3, -0.25) is 19.6 Å². The molecule has 2 aliphatic rings. The second kappa shape index (κ2) is 15.5. The van der Waals surface area contributed by atoms with Gasteiger partial charge >= 0.3 is 5.97 Å². The van der Waals surface area contributed by atoms with Crippen LogP contribution in [-0.4, -0.2) is 103 Å². The Morgan fingerprint density at radius 1 is 0.684 bits per heavy atom. The summed E-state index contributed by atoms with van der Waals surface area (Å²) < 4.78 is 3.46. The quantitative estimate of drug-likeness (QED) is 0.201. The summed E-state index contributed by atoms with van der Waals surface area (Å²) in [6, 6.07) is 20.1. The summed E-state index contributed by atoms with van der Waals surface area (Å²) >= 11 is 0. The number of carbonyl (C=O) groups is 2. The molecule has 8 heterocycles. The number of aliphatic carboxylic acids is 1. The minimum atomic E-state index is -0.769. The summed E-state index contributed by atoms with van der Waals surface area (Å²) in [4.78, 5) is 53.4. The monoisotopic (exact) mass is 766 g/mol. The van der Waals surface area contributed by atoms with Gasteiger partial charge in [0.25, 0.3) is 0 Å². The number of nitrogens with zero attached hydrogens (tertiary/aromatic N) is 14. The first-order valence-corrected chi connectivity index (χ1v) is 18.2. The number of hydrogen-bond donors (Lipinski definition) is 3. The standard InChI is InChI=1S/C19H18N8O.C19H17N7O2.H3N/c20-17(28)14-5-7-26(11-14)16-9-22-18-19(23-16)27(25-24-18)10-12-3-4-15-13(8-12)2-1-6-21-15;27-19(28)14-5-7-25(11-14)16-9-21-17-18(22-16)26(24-23-17)10-12-3-4-15-13(8-12)2-1-6-20-15;/h1-4,6,8-9,14H,5,7,10-11H2,(H2,20,28);1-4,6,8-9,14H,5,7,10-11H2,(H,27,28);1H3. The maximum absolute atomic E-state index is 11.4. The highest BCUT2D eigenvalue weighted by molar-refractivity contribution is 5.80. The van der Waals surface area contributed by atoms with Crippen LogP contribution in [0.2, 0.25) is 0 Å². The number of nitrogens with two attached hydrogens (primary N) is 1. The lowest BCUT2D eigenvalue weighted by molar-refractivity contribution is -0.140. The number of benzene rings is 2. The van der Waals surface area contributed by atoms with Crippen LogP contribution in [0.1, 0.15) is 24.0 Å². The third-order valence-electron chi connectivity index (χ3n) is 10.2. The molecule has 2 aromatic carbocycles. The van der Waals surface area contributed by atoms with Gasteiger partial charge in [0.05, 0.1) is 48.4 Å². The first-order valence-electron chi connectivity index (χ1n) is 18.2. The molecule has 57 heavy (non-hydrogen) atoms. The molecule has 2 unspecified atom stereocenters. The van der Waals surface area contributed by atoms with Crippen LogP contribution in [0.4, 0.5) is 11.6 Å². The topological polar surface area (TPSA) is 261 Å². The molecule has 0 spiro atoms. The highest BCUT2D eigenvalue weighted by Crippen LogP contribution is 2.25. The van der Waals surface area contributed by atoms with Gasteiger partial charge in [0.1, 0.15) is 11.6 Å². The molecule has 0 bridgehead atoms. The average molecular weight is 767 g/mol. The van der Waals surface area contributed by atoms with Crippen LogP contribution in [0.25, 0.3) is 44.4 Å². The highest BCUT2D eigenvalue weighted by Gasteiger charge is 2.30. The van der Waals surface area contributed by atoms with Crippen molar-refractivity contribution in [2.45, 2.75) is 25.9 Å². The van der Waals surface area contributed by atoms with Crippen molar-refractivity contribution in [1.82, 2.24) is 66.0 Å². The van der Waals surface area contributed by atoms with Gasteiger partial charge in [-0.2, -0.15) is 0 Å². The summed E-state index contributed by atoms with van der Waals surface area (Å²) in [6.45, 7) is 3.42. The van der Waals surface area contributed by atoms with E-state index >= 15 is 0 Å². The molecule has 0 saturated carbocycles. The molecule has 288 valence electrons. The molecule has 1 amide bonds. The highest BCUT2D eigenvalue weighted by atomic mass is 16.4. The maximum atomic E-state index is 11.4. The van der Waals surface area contributed by atoms with Gasteiger partial charge < -0.3 is 26.8 Å². The average Bonchev–Trinajstić information content (AvgIpc) is 4.05. The van der Waals surface area contributed by atoms with E-state index in [9.17, 15) is 14.7 Å². The van der Waals surface area contributed by atoms with E-state index in [1.54, 1.807) is 34.2 Å². The molecule has 2 saturated heterocycles. The molecule has 0 aliphatic carbocycles. The van der Waals surface area contributed by atoms with E-state index in [1.807, 2.05) is 58.3 Å². The molecule has 0 radical (unpaired) electrons. The van der Waals surface area contributed by atoms with Crippen molar-refractivity contribution in [3.63, 3.8) is 0 Å². The first kappa shape index (κ1) is 36.7. The Balaban J connectivity index is 0.000000157. The van der Waals surface area contributed by atoms with Gasteiger partial charge in [0.15, 0.2) is 11.3 Å². The molecule has 19 nitrogen and oxygen atoms in total. The molecule has 19 heteroatoms. The van der Waals surface area contributed by atoms with E-state index in [0.717, 1.165) is 45.9 Å². The smallest absolute Gasteiger partial charge is 0.308 e. The second-order valence-electron chi connectivity index (χ2n) is 13.9. The van der Waals surface area contributed by atoms with Crippen molar-refractivity contribution < 1.29 is 14.7 Å². The number of rotatable bonds is 8. The van der Waals surface area contributed by atoms with E-state index in [0.29, 0.717) is 73.4 Å². The number of carboxylic acids is 1. The molecule has 8 aromatic rings. The zero-order valence-electron chi connectivity index (χ0n) is 30.7. The van der Waals surface area contributed by atoms with Gasteiger partial charge in [0, 0.05) is 49.3 Å². The van der Waals surface area contributed by atoms with Gasteiger partial charge in [-0.15, -0.1) is 10.2 Å². The Morgan fingerprint density at radius 2 is 1.18 bits per heavy atom. The van der Waals surface area contributed by atoms with E-state index in [4.69, 9.17) is 10.7 Å². The lowest BCUT2D eigenvalue weighted by Gasteiger charge is -2.16. The number of pyridine rings is 2. The Labute approximate surface area is 324 Å². The summed E-state index contributed by atoms with van der Waals surface area (Å²) in [5, 5.41) is 28.0. The lowest BCUT2D eigenvalue weighted by atomic mass is 10.1. The normalized spacial score (nSPS) is 16.6. The zero-order chi connectivity index (χ0) is 38.2. The summed E-state index contributed by atoms with van der Waals surface area (Å²) in [5.74, 6) is -0.188. The number of amides is 1. The molecule has 2 atom stereocenters. The lowest BCUT2D eigenvalue weighted by Crippen LogP contribution is -2.27. The van der Waals surface area contributed by atoms with E-state index in [1.165, 1.54) is 0 Å². The van der Waals surface area contributed by atoms with Crippen LogP contribution in [-0.2, 0) is 22.7 Å². The molecular weight excluding hydrogens is 729 g/mol. The minimum absolute atomic E-state index is 0. The Hall–Kier alpha value is -7.28. The molecule has 6 N–H and O–H groups in total. The van der Waals surface area contributed by atoms with E-state index < -0.39 is 5.97 Å². The maximum Gasteiger partial charge on any atom is 0.308 e. The Morgan fingerprint density at radius 3 is 1.63 bits per heavy atom. The van der Waals surface area contributed by atoms with E-state index in [2.05, 4.69) is 57.7 Å². The molecule has 10 rings (SSSR count). The largest absolute Gasteiger partial charge is 0.481 e. The minimum Gasteiger partial charge on any atom is -0.481 e. The third-order valence-corrected chi connectivity index (χ3v) is 10.2.